The van der Waals surface area contributed by atoms with E-state index in [1.165, 1.54) is 5.56 Å². The summed E-state index contributed by atoms with van der Waals surface area (Å²) in [4.78, 5) is 19.1. The van der Waals surface area contributed by atoms with Gasteiger partial charge in [-0.2, -0.15) is 0 Å². The van der Waals surface area contributed by atoms with Crippen LogP contribution in [0.25, 0.3) is 10.2 Å². The fraction of sp³-hybridized carbons (Fsp3) is 0.364. The SMILES string of the molecule is COc1cc(CNC(=O)CN(C)c2nc3c(C)ccc(C)c3s2)cc(OC)c1OC. The smallest absolute Gasteiger partial charge is 0.239 e. The van der Waals surface area contributed by atoms with Crippen LogP contribution in [-0.2, 0) is 11.3 Å². The molecule has 0 atom stereocenters. The number of ether oxygens (including phenoxy) is 3. The highest BCUT2D eigenvalue weighted by Crippen LogP contribution is 2.38. The molecule has 1 heterocycles. The molecule has 0 aliphatic carbocycles. The average molecular weight is 430 g/mol. The van der Waals surface area contributed by atoms with Crippen LogP contribution in [0.2, 0.25) is 0 Å². The highest BCUT2D eigenvalue weighted by molar-refractivity contribution is 7.22. The summed E-state index contributed by atoms with van der Waals surface area (Å²) >= 11 is 1.60. The van der Waals surface area contributed by atoms with E-state index in [1.54, 1.807) is 32.7 Å². The molecule has 1 aromatic heterocycles. The number of hydrogen-bond acceptors (Lipinski definition) is 7. The number of anilines is 1. The van der Waals surface area contributed by atoms with Gasteiger partial charge in [0.15, 0.2) is 16.6 Å². The number of carbonyl (C=O) groups is 1. The Morgan fingerprint density at radius 2 is 1.70 bits per heavy atom. The molecule has 1 amide bonds. The summed E-state index contributed by atoms with van der Waals surface area (Å²) in [6.07, 6.45) is 0. The van der Waals surface area contributed by atoms with Crippen molar-refractivity contribution in [2.75, 3.05) is 39.8 Å². The van der Waals surface area contributed by atoms with E-state index >= 15 is 0 Å². The number of likely N-dealkylation sites (N-methyl/N-ethyl adjacent to an activating group) is 1. The topological polar surface area (TPSA) is 72.9 Å². The van der Waals surface area contributed by atoms with Crippen LogP contribution in [-0.4, -0.2) is 45.8 Å². The van der Waals surface area contributed by atoms with Crippen molar-refractivity contribution in [2.24, 2.45) is 0 Å². The minimum atomic E-state index is -0.0982. The number of amides is 1. The lowest BCUT2D eigenvalue weighted by Gasteiger charge is -2.16. The summed E-state index contributed by atoms with van der Waals surface area (Å²) in [5, 5.41) is 3.76. The van der Waals surface area contributed by atoms with Crippen molar-refractivity contribution >= 4 is 32.6 Å². The lowest BCUT2D eigenvalue weighted by atomic mass is 10.1. The van der Waals surface area contributed by atoms with Gasteiger partial charge in [0.25, 0.3) is 0 Å². The minimum absolute atomic E-state index is 0.0982. The van der Waals surface area contributed by atoms with Crippen molar-refractivity contribution in [2.45, 2.75) is 20.4 Å². The molecule has 0 aliphatic heterocycles. The summed E-state index contributed by atoms with van der Waals surface area (Å²) in [6, 6.07) is 7.82. The van der Waals surface area contributed by atoms with Crippen LogP contribution < -0.4 is 24.4 Å². The first-order chi connectivity index (χ1) is 14.4. The zero-order valence-electron chi connectivity index (χ0n) is 18.2. The number of benzene rings is 2. The number of methoxy groups -OCH3 is 3. The van der Waals surface area contributed by atoms with E-state index in [4.69, 9.17) is 19.2 Å². The summed E-state index contributed by atoms with van der Waals surface area (Å²) < 4.78 is 17.2. The Labute approximate surface area is 180 Å². The van der Waals surface area contributed by atoms with Gasteiger partial charge in [-0.15, -0.1) is 0 Å². The van der Waals surface area contributed by atoms with Crippen LogP contribution in [0.15, 0.2) is 24.3 Å². The molecule has 7 nitrogen and oxygen atoms in total. The Kier molecular flexibility index (Phi) is 6.66. The summed E-state index contributed by atoms with van der Waals surface area (Å²) in [5.74, 6) is 1.53. The predicted octanol–water partition coefficient (Wildman–Crippen LogP) is 3.69. The van der Waals surface area contributed by atoms with Crippen molar-refractivity contribution in [3.8, 4) is 17.2 Å². The van der Waals surface area contributed by atoms with Gasteiger partial charge in [-0.3, -0.25) is 4.79 Å². The van der Waals surface area contributed by atoms with Crippen LogP contribution >= 0.6 is 11.3 Å². The number of hydrogen-bond donors (Lipinski definition) is 1. The largest absolute Gasteiger partial charge is 0.493 e. The van der Waals surface area contributed by atoms with E-state index in [-0.39, 0.29) is 12.5 Å². The second-order valence-electron chi connectivity index (χ2n) is 7.04. The fourth-order valence-corrected chi connectivity index (χ4v) is 4.26. The number of rotatable bonds is 8. The molecule has 8 heteroatoms. The second kappa shape index (κ2) is 9.21. The van der Waals surface area contributed by atoms with Gasteiger partial charge in [0.1, 0.15) is 0 Å². The molecule has 0 aliphatic rings. The van der Waals surface area contributed by atoms with Crippen molar-refractivity contribution < 1.29 is 19.0 Å². The van der Waals surface area contributed by atoms with E-state index in [0.717, 1.165) is 26.5 Å². The van der Waals surface area contributed by atoms with Crippen LogP contribution in [0.4, 0.5) is 5.13 Å². The minimum Gasteiger partial charge on any atom is -0.493 e. The van der Waals surface area contributed by atoms with E-state index in [2.05, 4.69) is 31.3 Å². The molecule has 2 aromatic carbocycles. The van der Waals surface area contributed by atoms with Gasteiger partial charge in [-0.05, 0) is 42.7 Å². The molecule has 0 spiro atoms. The molecule has 0 saturated carbocycles. The first-order valence-electron chi connectivity index (χ1n) is 9.51. The molecule has 0 unspecified atom stereocenters. The first-order valence-corrected chi connectivity index (χ1v) is 10.3. The van der Waals surface area contributed by atoms with Gasteiger partial charge in [0.05, 0.1) is 38.1 Å². The summed E-state index contributed by atoms with van der Waals surface area (Å²) in [7, 11) is 6.57. The quantitative estimate of drug-likeness (QED) is 0.589. The van der Waals surface area contributed by atoms with Gasteiger partial charge in [-0.1, -0.05) is 23.5 Å². The Morgan fingerprint density at radius 1 is 1.07 bits per heavy atom. The Bertz CT molecular complexity index is 1000. The summed E-state index contributed by atoms with van der Waals surface area (Å²) in [5.41, 5.74) is 4.18. The molecule has 160 valence electrons. The highest BCUT2D eigenvalue weighted by atomic mass is 32.1. The Hall–Kier alpha value is -3.00. The lowest BCUT2D eigenvalue weighted by Crippen LogP contribution is -2.34. The predicted molar refractivity (Wildman–Crippen MR) is 120 cm³/mol. The van der Waals surface area contributed by atoms with Crippen LogP contribution in [0.3, 0.4) is 0 Å². The second-order valence-corrected chi connectivity index (χ2v) is 8.02. The molecule has 3 rings (SSSR count). The van der Waals surface area contributed by atoms with Crippen molar-refractivity contribution in [1.29, 1.82) is 0 Å². The average Bonchev–Trinajstić information content (AvgIpc) is 3.21. The van der Waals surface area contributed by atoms with E-state index < -0.39 is 0 Å². The molecule has 30 heavy (non-hydrogen) atoms. The van der Waals surface area contributed by atoms with Gasteiger partial charge >= 0.3 is 0 Å². The number of aryl methyl sites for hydroxylation is 2. The maximum absolute atomic E-state index is 12.5. The maximum Gasteiger partial charge on any atom is 0.239 e. The molecule has 0 bridgehead atoms. The highest BCUT2D eigenvalue weighted by Gasteiger charge is 2.16. The number of thiazole rings is 1. The normalized spacial score (nSPS) is 10.7. The van der Waals surface area contributed by atoms with E-state index in [1.807, 2.05) is 24.1 Å². The van der Waals surface area contributed by atoms with E-state index in [9.17, 15) is 4.79 Å². The third-order valence-corrected chi connectivity index (χ3v) is 6.16. The van der Waals surface area contributed by atoms with Crippen LogP contribution in [0, 0.1) is 13.8 Å². The van der Waals surface area contributed by atoms with E-state index in [0.29, 0.717) is 23.8 Å². The van der Waals surface area contributed by atoms with Gasteiger partial charge in [0.2, 0.25) is 11.7 Å². The first kappa shape index (κ1) is 21.7. The Balaban J connectivity index is 1.67. The number of fused-ring (bicyclic) bond motifs is 1. The molecule has 3 aromatic rings. The molecule has 0 fully saturated rings. The third-order valence-electron chi connectivity index (χ3n) is 4.85. The van der Waals surface area contributed by atoms with Crippen molar-refractivity contribution in [3.63, 3.8) is 0 Å². The molecule has 0 saturated heterocycles. The molecular formula is C22H27N3O4S. The van der Waals surface area contributed by atoms with Gasteiger partial charge in [-0.25, -0.2) is 4.98 Å². The molecular weight excluding hydrogens is 402 g/mol. The lowest BCUT2D eigenvalue weighted by molar-refractivity contribution is -0.119. The number of carbonyl (C=O) groups excluding carboxylic acids is 1. The zero-order valence-corrected chi connectivity index (χ0v) is 19.0. The number of nitrogens with one attached hydrogen (secondary N) is 1. The van der Waals surface area contributed by atoms with Crippen LogP contribution in [0.1, 0.15) is 16.7 Å². The summed E-state index contributed by atoms with van der Waals surface area (Å²) in [6.45, 7) is 4.69. The maximum atomic E-state index is 12.5. The standard InChI is InChI=1S/C22H27N3O4S/c1-13-7-8-14(2)21-19(13)24-22(30-21)25(3)12-18(26)23-11-15-9-16(27-4)20(29-6)17(10-15)28-5/h7-10H,11-12H2,1-6H3,(H,23,26). The van der Waals surface area contributed by atoms with Crippen molar-refractivity contribution in [3.05, 3.63) is 41.0 Å². The van der Waals surface area contributed by atoms with Crippen molar-refractivity contribution in [1.82, 2.24) is 10.3 Å². The monoisotopic (exact) mass is 429 g/mol. The van der Waals surface area contributed by atoms with Crippen LogP contribution in [0.5, 0.6) is 17.2 Å². The fourth-order valence-electron chi connectivity index (χ4n) is 3.19. The van der Waals surface area contributed by atoms with Gasteiger partial charge in [0, 0.05) is 13.6 Å². The Morgan fingerprint density at radius 3 is 2.27 bits per heavy atom. The number of nitrogens with zero attached hydrogens (tertiary/aromatic N) is 2. The molecule has 1 N–H and O–H groups in total. The van der Waals surface area contributed by atoms with Gasteiger partial charge < -0.3 is 24.4 Å². The number of aromatic nitrogens is 1. The zero-order chi connectivity index (χ0) is 21.8. The molecule has 0 radical (unpaired) electrons. The third kappa shape index (κ3) is 4.43.